The van der Waals surface area contributed by atoms with E-state index in [1.54, 1.807) is 0 Å². The highest BCUT2D eigenvalue weighted by atomic mass is 16.5. The maximum Gasteiger partial charge on any atom is 0.146 e. The van der Waals surface area contributed by atoms with Gasteiger partial charge in [0.1, 0.15) is 12.6 Å². The van der Waals surface area contributed by atoms with Crippen molar-refractivity contribution >= 4 is 12.6 Å². The van der Waals surface area contributed by atoms with E-state index in [-0.39, 0.29) is 17.4 Å². The maximum atomic E-state index is 11.2. The van der Waals surface area contributed by atoms with Crippen molar-refractivity contribution in [1.82, 2.24) is 0 Å². The fraction of sp³-hybridized carbons (Fsp3) is 0.800. The molecule has 3 fully saturated rings. The molecule has 3 heteroatoms. The van der Waals surface area contributed by atoms with Crippen LogP contribution >= 0.6 is 0 Å². The van der Waals surface area contributed by atoms with Crippen molar-refractivity contribution in [3.05, 3.63) is 11.6 Å². The molecule has 1 spiro atoms. The van der Waals surface area contributed by atoms with Gasteiger partial charge in [0.25, 0.3) is 0 Å². The molecule has 2 aliphatic carbocycles. The number of fused-ring (bicyclic) bond motifs is 1. The predicted octanol–water partition coefficient (Wildman–Crippen LogP) is 4.10. The molecule has 3 aliphatic rings. The normalized spacial score (nSPS) is 42.1. The number of hydrogen-bond donors (Lipinski definition) is 0. The van der Waals surface area contributed by atoms with Crippen molar-refractivity contribution in [3.63, 3.8) is 0 Å². The molecule has 1 aliphatic heterocycles. The van der Waals surface area contributed by atoms with Crippen LogP contribution in [-0.4, -0.2) is 24.8 Å². The van der Waals surface area contributed by atoms with Gasteiger partial charge >= 0.3 is 0 Å². The van der Waals surface area contributed by atoms with Crippen LogP contribution in [0.15, 0.2) is 11.6 Å². The van der Waals surface area contributed by atoms with Crippen LogP contribution in [-0.2, 0) is 14.3 Å². The Hall–Kier alpha value is -0.960. The lowest BCUT2D eigenvalue weighted by Gasteiger charge is -2.57. The lowest BCUT2D eigenvalue weighted by molar-refractivity contribution is -0.109. The van der Waals surface area contributed by atoms with Crippen LogP contribution in [0, 0.1) is 22.7 Å². The van der Waals surface area contributed by atoms with E-state index in [0.29, 0.717) is 22.8 Å². The Morgan fingerprint density at radius 3 is 2.65 bits per heavy atom. The largest absolute Gasteiger partial charge is 0.374 e. The smallest absolute Gasteiger partial charge is 0.146 e. The monoisotopic (exact) mass is 318 g/mol. The Morgan fingerprint density at radius 1 is 1.17 bits per heavy atom. The fourth-order valence-corrected chi connectivity index (χ4v) is 6.08. The molecule has 0 aromatic carbocycles. The van der Waals surface area contributed by atoms with E-state index < -0.39 is 0 Å². The average molecular weight is 318 g/mol. The number of carbonyl (C=O) groups excluding carboxylic acids is 2. The third kappa shape index (κ3) is 2.61. The molecule has 3 rings (SSSR count). The molecular formula is C20H30O3. The van der Waals surface area contributed by atoms with E-state index in [0.717, 1.165) is 32.0 Å². The lowest BCUT2D eigenvalue weighted by Crippen LogP contribution is -2.54. The highest BCUT2D eigenvalue weighted by Crippen LogP contribution is 2.67. The molecular weight excluding hydrogens is 288 g/mol. The summed E-state index contributed by atoms with van der Waals surface area (Å²) >= 11 is 0. The highest BCUT2D eigenvalue weighted by molar-refractivity contribution is 5.78. The molecule has 0 radical (unpaired) electrons. The summed E-state index contributed by atoms with van der Waals surface area (Å²) in [6.45, 7) is 7.99. The minimum atomic E-state index is -0.0599. The van der Waals surface area contributed by atoms with Gasteiger partial charge in [-0.05, 0) is 61.9 Å². The van der Waals surface area contributed by atoms with Crippen molar-refractivity contribution in [2.24, 2.45) is 22.7 Å². The van der Waals surface area contributed by atoms with Gasteiger partial charge in [0.05, 0.1) is 12.2 Å². The van der Waals surface area contributed by atoms with Crippen LogP contribution in [0.4, 0.5) is 0 Å². The molecule has 23 heavy (non-hydrogen) atoms. The van der Waals surface area contributed by atoms with Crippen LogP contribution in [0.1, 0.15) is 65.7 Å². The van der Waals surface area contributed by atoms with Gasteiger partial charge in [-0.1, -0.05) is 26.3 Å². The summed E-state index contributed by atoms with van der Waals surface area (Å²) in [4.78, 5) is 21.9. The van der Waals surface area contributed by atoms with Crippen LogP contribution in [0.25, 0.3) is 0 Å². The van der Waals surface area contributed by atoms with Crippen LogP contribution in [0.2, 0.25) is 0 Å². The molecule has 0 unspecified atom stereocenters. The van der Waals surface area contributed by atoms with Gasteiger partial charge in [0, 0.05) is 11.8 Å². The van der Waals surface area contributed by atoms with E-state index >= 15 is 0 Å². The van der Waals surface area contributed by atoms with E-state index in [1.807, 2.05) is 6.08 Å². The van der Waals surface area contributed by atoms with Crippen molar-refractivity contribution in [2.75, 3.05) is 6.61 Å². The Kier molecular flexibility index (Phi) is 4.29. The van der Waals surface area contributed by atoms with Gasteiger partial charge in [-0.15, -0.1) is 0 Å². The van der Waals surface area contributed by atoms with E-state index in [4.69, 9.17) is 4.74 Å². The second kappa shape index (κ2) is 5.84. The zero-order chi connectivity index (χ0) is 16.7. The summed E-state index contributed by atoms with van der Waals surface area (Å²) in [6, 6.07) is 0. The van der Waals surface area contributed by atoms with Gasteiger partial charge < -0.3 is 9.53 Å². The second-order valence-electron chi connectivity index (χ2n) is 8.82. The second-order valence-corrected chi connectivity index (χ2v) is 8.82. The van der Waals surface area contributed by atoms with Crippen LogP contribution in [0.5, 0.6) is 0 Å². The molecule has 2 saturated carbocycles. The molecule has 1 saturated heterocycles. The first-order chi connectivity index (χ1) is 10.9. The molecule has 3 nitrogen and oxygen atoms in total. The third-order valence-electron chi connectivity index (χ3n) is 7.22. The highest BCUT2D eigenvalue weighted by Gasteiger charge is 2.64. The number of carbonyl (C=O) groups is 2. The first-order valence-electron chi connectivity index (χ1n) is 9.10. The summed E-state index contributed by atoms with van der Waals surface area (Å²) < 4.78 is 6.37. The first-order valence-corrected chi connectivity index (χ1v) is 9.10. The summed E-state index contributed by atoms with van der Waals surface area (Å²) in [5, 5.41) is 0. The Balaban J connectivity index is 1.91. The number of allylic oxidation sites excluding steroid dienone is 2. The van der Waals surface area contributed by atoms with Gasteiger partial charge in [-0.3, -0.25) is 4.79 Å². The number of ether oxygens (including phenoxy) is 1. The SMILES string of the molecule is CC1(C)CCC[C@@]23CO[C@@](C)(CC[C@@H]12)[C@@H]3C/C=C(\C=O)CC=O. The molecule has 1 heterocycles. The lowest BCUT2D eigenvalue weighted by atomic mass is 9.46. The van der Waals surface area contributed by atoms with Crippen molar-refractivity contribution in [2.45, 2.75) is 71.3 Å². The Labute approximate surface area is 139 Å². The topological polar surface area (TPSA) is 43.4 Å². The zero-order valence-electron chi connectivity index (χ0n) is 14.8. The molecule has 2 bridgehead atoms. The van der Waals surface area contributed by atoms with Gasteiger partial charge in [-0.2, -0.15) is 0 Å². The zero-order valence-corrected chi connectivity index (χ0v) is 14.8. The number of aldehydes is 2. The van der Waals surface area contributed by atoms with Gasteiger partial charge in [0.15, 0.2) is 0 Å². The van der Waals surface area contributed by atoms with Gasteiger partial charge in [-0.25, -0.2) is 0 Å². The molecule has 4 atom stereocenters. The average Bonchev–Trinajstić information content (AvgIpc) is 2.65. The predicted molar refractivity (Wildman–Crippen MR) is 90.1 cm³/mol. The van der Waals surface area contributed by atoms with Crippen molar-refractivity contribution < 1.29 is 14.3 Å². The summed E-state index contributed by atoms with van der Waals surface area (Å²) in [5.41, 5.74) is 1.21. The molecule has 128 valence electrons. The fourth-order valence-electron chi connectivity index (χ4n) is 6.08. The Bertz CT molecular complexity index is 521. The van der Waals surface area contributed by atoms with E-state index in [2.05, 4.69) is 20.8 Å². The van der Waals surface area contributed by atoms with Crippen LogP contribution < -0.4 is 0 Å². The summed E-state index contributed by atoms with van der Waals surface area (Å²) in [7, 11) is 0. The standard InChI is InChI=1S/C20H30O3/c1-18(2)9-4-10-20-14-23-19(3,11-7-16(18)20)17(20)6-5-15(13-22)8-12-21/h5,12-13,16-17H,4,6-11,14H2,1-3H3/b15-5-/t16-,17-,19-,20+/m0/s1. The molecule has 0 amide bonds. The van der Waals surface area contributed by atoms with Crippen LogP contribution in [0.3, 0.4) is 0 Å². The van der Waals surface area contributed by atoms with Crippen molar-refractivity contribution in [3.8, 4) is 0 Å². The van der Waals surface area contributed by atoms with E-state index in [1.165, 1.54) is 25.7 Å². The van der Waals surface area contributed by atoms with Crippen molar-refractivity contribution in [1.29, 1.82) is 0 Å². The summed E-state index contributed by atoms with van der Waals surface area (Å²) in [6.07, 6.45) is 11.0. The maximum absolute atomic E-state index is 11.2. The van der Waals surface area contributed by atoms with Gasteiger partial charge in [0.2, 0.25) is 0 Å². The third-order valence-corrected chi connectivity index (χ3v) is 7.22. The first kappa shape index (κ1) is 16.9. The number of rotatable bonds is 5. The molecule has 0 N–H and O–H groups in total. The molecule has 0 aromatic rings. The van der Waals surface area contributed by atoms with E-state index in [9.17, 15) is 9.59 Å². The summed E-state index contributed by atoms with van der Waals surface area (Å²) in [5.74, 6) is 1.18. The minimum absolute atomic E-state index is 0.0599. The molecule has 0 aromatic heterocycles. The Morgan fingerprint density at radius 2 is 1.96 bits per heavy atom. The number of hydrogen-bond acceptors (Lipinski definition) is 3. The minimum Gasteiger partial charge on any atom is -0.374 e. The quantitative estimate of drug-likeness (QED) is 0.566.